The summed E-state index contributed by atoms with van der Waals surface area (Å²) >= 11 is 6.46. The van der Waals surface area contributed by atoms with Gasteiger partial charge in [0.2, 0.25) is 0 Å². The lowest BCUT2D eigenvalue weighted by Gasteiger charge is -2.29. The summed E-state index contributed by atoms with van der Waals surface area (Å²) in [5, 5.41) is 21.5. The average Bonchev–Trinajstić information content (AvgIpc) is 2.73. The number of urea groups is 1. The van der Waals surface area contributed by atoms with Gasteiger partial charge in [-0.3, -0.25) is 4.99 Å². The van der Waals surface area contributed by atoms with Crippen LogP contribution in [-0.4, -0.2) is 58.0 Å². The number of aliphatic hydroxyl groups excluding tert-OH is 2. The number of hydrogen-bond donors (Lipinski definition) is 3. The second-order valence-electron chi connectivity index (χ2n) is 8.77. The Morgan fingerprint density at radius 2 is 2.03 bits per heavy atom. The second-order valence-corrected chi connectivity index (χ2v) is 9.30. The summed E-state index contributed by atoms with van der Waals surface area (Å²) in [6, 6.07) is 7.82. The van der Waals surface area contributed by atoms with Crippen LogP contribution in [0.2, 0.25) is 0 Å². The van der Waals surface area contributed by atoms with Gasteiger partial charge in [0.15, 0.2) is 0 Å². The first-order valence-corrected chi connectivity index (χ1v) is 10.7. The molecule has 2 atom stereocenters. The van der Waals surface area contributed by atoms with E-state index in [1.807, 2.05) is 30.3 Å². The molecule has 2 aliphatic heterocycles. The predicted octanol–water partition coefficient (Wildman–Crippen LogP) is 3.84. The summed E-state index contributed by atoms with van der Waals surface area (Å²) in [6.45, 7) is 7.20. The van der Waals surface area contributed by atoms with Crippen LogP contribution in [-0.2, 0) is 5.41 Å². The number of carbonyl (C=O) groups excluding carboxylic acids is 1. The molecule has 0 spiro atoms. The number of amides is 2. The van der Waals surface area contributed by atoms with E-state index in [4.69, 9.17) is 16.7 Å². The number of carbonyl (C=O) groups is 1. The van der Waals surface area contributed by atoms with E-state index < -0.39 is 6.10 Å². The molecule has 0 bridgehead atoms. The van der Waals surface area contributed by atoms with Crippen molar-refractivity contribution in [3.05, 3.63) is 53.3 Å². The number of nitrogens with zero attached hydrogens (tertiary/aromatic N) is 2. The van der Waals surface area contributed by atoms with E-state index >= 15 is 0 Å². The normalized spacial score (nSPS) is 20.8. The monoisotopic (exact) mass is 431 g/mol. The van der Waals surface area contributed by atoms with Crippen molar-refractivity contribution in [3.63, 3.8) is 0 Å². The molecule has 0 aromatic heterocycles. The van der Waals surface area contributed by atoms with Gasteiger partial charge in [-0.25, -0.2) is 4.79 Å². The van der Waals surface area contributed by atoms with E-state index in [0.29, 0.717) is 31.5 Å². The Balaban J connectivity index is 1.61. The molecule has 6 nitrogen and oxygen atoms in total. The van der Waals surface area contributed by atoms with Gasteiger partial charge in [-0.1, -0.05) is 39.0 Å². The van der Waals surface area contributed by atoms with Crippen LogP contribution in [0.1, 0.15) is 39.2 Å². The molecule has 1 aromatic carbocycles. The van der Waals surface area contributed by atoms with Crippen LogP contribution in [0, 0.1) is 0 Å². The third kappa shape index (κ3) is 5.31. The van der Waals surface area contributed by atoms with Gasteiger partial charge in [0.1, 0.15) is 0 Å². The maximum absolute atomic E-state index is 12.6. The van der Waals surface area contributed by atoms with Crippen LogP contribution in [0.4, 0.5) is 10.5 Å². The minimum absolute atomic E-state index is 0.0743. The van der Waals surface area contributed by atoms with E-state index in [1.165, 1.54) is 5.56 Å². The summed E-state index contributed by atoms with van der Waals surface area (Å²) in [4.78, 5) is 18.8. The number of aliphatic hydroxyl groups is 2. The van der Waals surface area contributed by atoms with Crippen molar-refractivity contribution in [1.29, 1.82) is 0 Å². The van der Waals surface area contributed by atoms with E-state index in [1.54, 1.807) is 11.1 Å². The molecule has 3 N–H and O–H groups in total. The molecule has 3 rings (SSSR count). The van der Waals surface area contributed by atoms with Gasteiger partial charge >= 0.3 is 6.03 Å². The van der Waals surface area contributed by atoms with Gasteiger partial charge in [0, 0.05) is 25.0 Å². The number of aliphatic imine (C=N–C) groups is 1. The first-order valence-electron chi connectivity index (χ1n) is 10.2. The third-order valence-corrected chi connectivity index (χ3v) is 5.87. The molecule has 0 saturated carbocycles. The highest BCUT2D eigenvalue weighted by molar-refractivity contribution is 6.35. The molecular formula is C23H30ClN3O3. The molecule has 2 aliphatic rings. The first kappa shape index (κ1) is 22.5. The molecule has 0 fully saturated rings. The largest absolute Gasteiger partial charge is 0.393 e. The van der Waals surface area contributed by atoms with Crippen molar-refractivity contribution >= 4 is 29.0 Å². The molecule has 1 aromatic rings. The Morgan fingerprint density at radius 3 is 2.57 bits per heavy atom. The summed E-state index contributed by atoms with van der Waals surface area (Å²) < 4.78 is 0. The Hall–Kier alpha value is -2.15. The SMILES string of the molecule is CC(C)(C)c1ccc(NC(=O)N2CC=C(C3=NC=C([C@H](O)CO)CC3Cl)CC2)cc1. The number of nitrogens with one attached hydrogen (secondary N) is 1. The van der Waals surface area contributed by atoms with Gasteiger partial charge in [0.25, 0.3) is 0 Å². The van der Waals surface area contributed by atoms with Gasteiger partial charge in [-0.15, -0.1) is 11.6 Å². The molecule has 0 aliphatic carbocycles. The summed E-state index contributed by atoms with van der Waals surface area (Å²) in [6.07, 6.45) is 3.78. The highest BCUT2D eigenvalue weighted by atomic mass is 35.5. The third-order valence-electron chi connectivity index (χ3n) is 5.51. The zero-order chi connectivity index (χ0) is 21.9. The van der Waals surface area contributed by atoms with E-state index in [0.717, 1.165) is 17.0 Å². The molecule has 0 radical (unpaired) electrons. The van der Waals surface area contributed by atoms with Crippen LogP contribution in [0.5, 0.6) is 0 Å². The number of halogens is 1. The highest BCUT2D eigenvalue weighted by Crippen LogP contribution is 2.27. The highest BCUT2D eigenvalue weighted by Gasteiger charge is 2.27. The second kappa shape index (κ2) is 9.33. The zero-order valence-electron chi connectivity index (χ0n) is 17.7. The van der Waals surface area contributed by atoms with Crippen molar-refractivity contribution in [2.45, 2.75) is 50.5 Å². The van der Waals surface area contributed by atoms with E-state index in [9.17, 15) is 9.90 Å². The Bertz CT molecular complexity index is 869. The predicted molar refractivity (Wildman–Crippen MR) is 121 cm³/mol. The van der Waals surface area contributed by atoms with Crippen LogP contribution in [0.15, 0.2) is 52.7 Å². The lowest BCUT2D eigenvalue weighted by molar-refractivity contribution is 0.119. The molecular weight excluding hydrogens is 402 g/mol. The van der Waals surface area contributed by atoms with E-state index in [-0.39, 0.29) is 23.4 Å². The molecule has 7 heteroatoms. The fourth-order valence-corrected chi connectivity index (χ4v) is 3.93. The van der Waals surface area contributed by atoms with Gasteiger partial charge in [-0.2, -0.15) is 0 Å². The fraction of sp³-hybridized carbons (Fsp3) is 0.478. The number of hydrogen-bond acceptors (Lipinski definition) is 4. The Labute approximate surface area is 183 Å². The van der Waals surface area contributed by atoms with Crippen molar-refractivity contribution in [3.8, 4) is 0 Å². The molecule has 0 saturated heterocycles. The van der Waals surface area contributed by atoms with Crippen molar-refractivity contribution in [1.82, 2.24) is 4.90 Å². The maximum atomic E-state index is 12.6. The summed E-state index contributed by atoms with van der Waals surface area (Å²) in [5.41, 5.74) is 4.52. The molecule has 1 unspecified atom stereocenters. The number of alkyl halides is 1. The Morgan fingerprint density at radius 1 is 1.33 bits per heavy atom. The maximum Gasteiger partial charge on any atom is 0.322 e. The van der Waals surface area contributed by atoms with Gasteiger partial charge in [-0.05, 0) is 47.1 Å². The minimum atomic E-state index is -0.923. The molecule has 30 heavy (non-hydrogen) atoms. The lowest BCUT2D eigenvalue weighted by Crippen LogP contribution is -2.39. The Kier molecular flexibility index (Phi) is 7.01. The number of rotatable bonds is 4. The molecule has 162 valence electrons. The fourth-order valence-electron chi connectivity index (χ4n) is 3.56. The van der Waals surface area contributed by atoms with Gasteiger partial charge in [0.05, 0.1) is 23.8 Å². The topological polar surface area (TPSA) is 85.2 Å². The first-order chi connectivity index (χ1) is 14.2. The standard InChI is InChI=1S/C23H30ClN3O3/c1-23(2,3)17-4-6-18(7-5-17)26-22(30)27-10-8-15(9-11-27)21-19(24)12-16(13-25-21)20(29)14-28/h4-8,13,19-20,28-29H,9-12,14H2,1-3H3,(H,26,30)/t19?,20-/m1/s1. The smallest absolute Gasteiger partial charge is 0.322 e. The van der Waals surface area contributed by atoms with Gasteiger partial charge < -0.3 is 20.4 Å². The van der Waals surface area contributed by atoms with Crippen molar-refractivity contribution in [2.75, 3.05) is 25.0 Å². The van der Waals surface area contributed by atoms with Crippen LogP contribution in [0.3, 0.4) is 0 Å². The quantitative estimate of drug-likeness (QED) is 0.633. The van der Waals surface area contributed by atoms with Crippen molar-refractivity contribution < 1.29 is 15.0 Å². The number of benzene rings is 1. The lowest BCUT2D eigenvalue weighted by atomic mass is 9.87. The molecule has 2 heterocycles. The van der Waals surface area contributed by atoms with Crippen LogP contribution < -0.4 is 5.32 Å². The average molecular weight is 432 g/mol. The van der Waals surface area contributed by atoms with Crippen LogP contribution >= 0.6 is 11.6 Å². The zero-order valence-corrected chi connectivity index (χ0v) is 18.5. The van der Waals surface area contributed by atoms with E-state index in [2.05, 4.69) is 31.1 Å². The molecule has 2 amide bonds. The number of anilines is 1. The summed E-state index contributed by atoms with van der Waals surface area (Å²) in [7, 11) is 0. The summed E-state index contributed by atoms with van der Waals surface area (Å²) in [5.74, 6) is 0. The van der Waals surface area contributed by atoms with Crippen molar-refractivity contribution in [2.24, 2.45) is 4.99 Å². The van der Waals surface area contributed by atoms with Crippen LogP contribution in [0.25, 0.3) is 0 Å². The minimum Gasteiger partial charge on any atom is -0.393 e.